The molecule has 9 heteroatoms. The van der Waals surface area contributed by atoms with Crippen LogP contribution in [0.2, 0.25) is 0 Å². The normalized spacial score (nSPS) is 21.9. The molecule has 25 heavy (non-hydrogen) atoms. The van der Waals surface area contributed by atoms with E-state index in [-0.39, 0.29) is 28.8 Å². The molecule has 1 unspecified atom stereocenters. The summed E-state index contributed by atoms with van der Waals surface area (Å²) in [6.07, 6.45) is -2.61. The number of hydrogen-bond donors (Lipinski definition) is 1. The van der Waals surface area contributed by atoms with Crippen molar-refractivity contribution in [3.8, 4) is 5.88 Å². The fraction of sp³-hybridized carbons (Fsp3) is 0.562. The summed E-state index contributed by atoms with van der Waals surface area (Å²) in [6.45, 7) is -0.643. The summed E-state index contributed by atoms with van der Waals surface area (Å²) < 4.78 is 41.1. The average molecular weight is 358 g/mol. The number of nitrogens with zero attached hydrogens (tertiary/aromatic N) is 2. The van der Waals surface area contributed by atoms with Crippen LogP contribution in [0, 0.1) is 11.3 Å². The molecule has 1 aromatic rings. The predicted molar refractivity (Wildman–Crippen MR) is 79.1 cm³/mol. The highest BCUT2D eigenvalue weighted by atomic mass is 19.4. The molecule has 0 radical (unpaired) electrons. The number of aliphatic carboxylic acids is 1. The number of amides is 1. The van der Waals surface area contributed by atoms with Gasteiger partial charge in [0.15, 0.2) is 6.61 Å². The van der Waals surface area contributed by atoms with E-state index >= 15 is 0 Å². The number of carbonyl (C=O) groups is 2. The van der Waals surface area contributed by atoms with E-state index in [1.807, 2.05) is 0 Å². The van der Waals surface area contributed by atoms with Gasteiger partial charge in [0.1, 0.15) is 5.69 Å². The number of ether oxygens (including phenoxy) is 1. The molecule has 1 N–H and O–H groups in total. The number of rotatable bonds is 4. The Morgan fingerprint density at radius 1 is 1.32 bits per heavy atom. The zero-order chi connectivity index (χ0) is 18.2. The first-order chi connectivity index (χ1) is 11.7. The van der Waals surface area contributed by atoms with Gasteiger partial charge in [0.25, 0.3) is 5.91 Å². The van der Waals surface area contributed by atoms with Crippen molar-refractivity contribution in [2.24, 2.45) is 11.3 Å². The van der Waals surface area contributed by atoms with Crippen LogP contribution in [-0.4, -0.2) is 52.7 Å². The number of carboxylic acids is 1. The number of pyridine rings is 1. The quantitative estimate of drug-likeness (QED) is 0.894. The minimum atomic E-state index is -4.48. The standard InChI is InChI=1S/C16H17F3N2O4/c17-16(18,19)9-25-12-3-1-2-11(20-12)13(22)21-6-4-15(5-7-21)8-10(15)14(23)24/h1-3,10H,4-9H2,(H,23,24). The number of halogens is 3. The number of aromatic nitrogens is 1. The average Bonchev–Trinajstić information content (AvgIpc) is 3.27. The maximum absolute atomic E-state index is 12.5. The van der Waals surface area contributed by atoms with Crippen molar-refractivity contribution in [1.29, 1.82) is 0 Å². The molecule has 2 fully saturated rings. The van der Waals surface area contributed by atoms with Gasteiger partial charge in [-0.3, -0.25) is 9.59 Å². The Labute approximate surface area is 141 Å². The van der Waals surface area contributed by atoms with Crippen LogP contribution in [0.3, 0.4) is 0 Å². The minimum Gasteiger partial charge on any atom is -0.481 e. The van der Waals surface area contributed by atoms with E-state index < -0.39 is 18.8 Å². The Morgan fingerprint density at radius 2 is 2.00 bits per heavy atom. The van der Waals surface area contributed by atoms with Gasteiger partial charge < -0.3 is 14.7 Å². The zero-order valence-corrected chi connectivity index (χ0v) is 13.3. The van der Waals surface area contributed by atoms with Crippen LogP contribution in [0.5, 0.6) is 5.88 Å². The Hall–Kier alpha value is -2.32. The minimum absolute atomic E-state index is 0.0150. The first kappa shape index (κ1) is 17.5. The van der Waals surface area contributed by atoms with Crippen molar-refractivity contribution >= 4 is 11.9 Å². The van der Waals surface area contributed by atoms with E-state index in [2.05, 4.69) is 9.72 Å². The van der Waals surface area contributed by atoms with Crippen LogP contribution in [0.1, 0.15) is 29.8 Å². The molecule has 1 amide bonds. The highest BCUT2D eigenvalue weighted by molar-refractivity contribution is 5.92. The molecule has 0 bridgehead atoms. The van der Waals surface area contributed by atoms with Crippen molar-refractivity contribution in [3.63, 3.8) is 0 Å². The highest BCUT2D eigenvalue weighted by Crippen LogP contribution is 2.59. The fourth-order valence-corrected chi connectivity index (χ4v) is 3.34. The molecule has 1 atom stereocenters. The van der Waals surface area contributed by atoms with Crippen molar-refractivity contribution in [3.05, 3.63) is 23.9 Å². The van der Waals surface area contributed by atoms with Gasteiger partial charge in [-0.05, 0) is 30.7 Å². The lowest BCUT2D eigenvalue weighted by Gasteiger charge is -2.32. The Bertz CT molecular complexity index is 684. The van der Waals surface area contributed by atoms with Gasteiger partial charge in [-0.25, -0.2) is 4.98 Å². The SMILES string of the molecule is O=C(O)C1CC12CCN(C(=O)c1cccc(OCC(F)(F)F)n1)CC2. The van der Waals surface area contributed by atoms with Gasteiger partial charge in [-0.15, -0.1) is 0 Å². The summed E-state index contributed by atoms with van der Waals surface area (Å²) in [5.41, 5.74) is -0.186. The number of carboxylic acid groups (broad SMARTS) is 1. The van der Waals surface area contributed by atoms with Crippen LogP contribution >= 0.6 is 0 Å². The number of piperidine rings is 1. The molecule has 1 saturated heterocycles. The number of carbonyl (C=O) groups excluding carboxylic acids is 1. The first-order valence-electron chi connectivity index (χ1n) is 7.89. The van der Waals surface area contributed by atoms with Crippen LogP contribution < -0.4 is 4.74 Å². The van der Waals surface area contributed by atoms with Crippen molar-refractivity contribution in [2.45, 2.75) is 25.4 Å². The molecule has 1 spiro atoms. The molecule has 1 aliphatic heterocycles. The second-order valence-corrected chi connectivity index (χ2v) is 6.51. The van der Waals surface area contributed by atoms with E-state index in [4.69, 9.17) is 5.11 Å². The molecule has 0 aromatic carbocycles. The summed E-state index contributed by atoms with van der Waals surface area (Å²) >= 11 is 0. The Kier molecular flexibility index (Phi) is 4.34. The summed E-state index contributed by atoms with van der Waals surface area (Å²) in [6, 6.07) is 4.10. The predicted octanol–water partition coefficient (Wildman–Crippen LogP) is 2.35. The molecule has 6 nitrogen and oxygen atoms in total. The van der Waals surface area contributed by atoms with Crippen LogP contribution in [0.25, 0.3) is 0 Å². The monoisotopic (exact) mass is 358 g/mol. The van der Waals surface area contributed by atoms with E-state index in [1.165, 1.54) is 18.2 Å². The fourth-order valence-electron chi connectivity index (χ4n) is 3.34. The van der Waals surface area contributed by atoms with Gasteiger partial charge in [-0.2, -0.15) is 13.2 Å². The van der Waals surface area contributed by atoms with Crippen LogP contribution in [-0.2, 0) is 4.79 Å². The first-order valence-corrected chi connectivity index (χ1v) is 7.89. The molecule has 1 aliphatic carbocycles. The van der Waals surface area contributed by atoms with E-state index in [0.717, 1.165) is 0 Å². The van der Waals surface area contributed by atoms with E-state index in [0.29, 0.717) is 32.4 Å². The smallest absolute Gasteiger partial charge is 0.422 e. The largest absolute Gasteiger partial charge is 0.481 e. The lowest BCUT2D eigenvalue weighted by atomic mass is 9.90. The maximum atomic E-state index is 12.5. The second-order valence-electron chi connectivity index (χ2n) is 6.51. The maximum Gasteiger partial charge on any atom is 0.422 e. The van der Waals surface area contributed by atoms with Crippen molar-refractivity contribution in [1.82, 2.24) is 9.88 Å². The topological polar surface area (TPSA) is 79.7 Å². The zero-order valence-electron chi connectivity index (χ0n) is 13.3. The molecule has 2 aliphatic rings. The van der Waals surface area contributed by atoms with Crippen LogP contribution in [0.4, 0.5) is 13.2 Å². The highest BCUT2D eigenvalue weighted by Gasteiger charge is 2.59. The molecule has 136 valence electrons. The Balaban J connectivity index is 1.60. The van der Waals surface area contributed by atoms with Gasteiger partial charge >= 0.3 is 12.1 Å². The lowest BCUT2D eigenvalue weighted by molar-refractivity contribution is -0.154. The Morgan fingerprint density at radius 3 is 2.56 bits per heavy atom. The van der Waals surface area contributed by atoms with E-state index in [1.54, 1.807) is 4.90 Å². The van der Waals surface area contributed by atoms with E-state index in [9.17, 15) is 22.8 Å². The van der Waals surface area contributed by atoms with Gasteiger partial charge in [0, 0.05) is 19.2 Å². The molecule has 2 heterocycles. The molecule has 3 rings (SSSR count). The summed E-state index contributed by atoms with van der Waals surface area (Å²) in [5, 5.41) is 9.08. The summed E-state index contributed by atoms with van der Waals surface area (Å²) in [4.78, 5) is 28.9. The molecule has 1 saturated carbocycles. The van der Waals surface area contributed by atoms with Crippen molar-refractivity contribution < 1.29 is 32.6 Å². The third-order valence-electron chi connectivity index (χ3n) is 4.86. The molecular weight excluding hydrogens is 341 g/mol. The molecule has 1 aromatic heterocycles. The second kappa shape index (κ2) is 6.20. The van der Waals surface area contributed by atoms with Gasteiger partial charge in [0.05, 0.1) is 5.92 Å². The third-order valence-corrected chi connectivity index (χ3v) is 4.86. The number of alkyl halides is 3. The third kappa shape index (κ3) is 3.85. The summed E-state index contributed by atoms with van der Waals surface area (Å²) in [5.74, 6) is -1.78. The van der Waals surface area contributed by atoms with Crippen LogP contribution in [0.15, 0.2) is 18.2 Å². The van der Waals surface area contributed by atoms with Crippen molar-refractivity contribution in [2.75, 3.05) is 19.7 Å². The summed E-state index contributed by atoms with van der Waals surface area (Å²) in [7, 11) is 0. The molecular formula is C16H17F3N2O4. The van der Waals surface area contributed by atoms with Gasteiger partial charge in [0.2, 0.25) is 5.88 Å². The van der Waals surface area contributed by atoms with Gasteiger partial charge in [-0.1, -0.05) is 6.07 Å². The number of hydrogen-bond acceptors (Lipinski definition) is 4. The number of likely N-dealkylation sites (tertiary alicyclic amines) is 1. The lowest BCUT2D eigenvalue weighted by Crippen LogP contribution is -2.40.